The lowest BCUT2D eigenvalue weighted by molar-refractivity contribution is 0.0759. The number of amides is 1. The summed E-state index contributed by atoms with van der Waals surface area (Å²) in [6, 6.07) is 5.72. The minimum absolute atomic E-state index is 0.356. The number of carbonyl (C=O) groups is 1. The summed E-state index contributed by atoms with van der Waals surface area (Å²) in [4.78, 5) is 25.0. The molecule has 1 N–H and O–H groups in total. The van der Waals surface area contributed by atoms with Gasteiger partial charge in [-0.2, -0.15) is 5.48 Å². The van der Waals surface area contributed by atoms with Gasteiger partial charge in [0.05, 0.1) is 5.56 Å². The highest BCUT2D eigenvalue weighted by Gasteiger charge is 2.07. The second kappa shape index (κ2) is 5.48. The fourth-order valence-electron chi connectivity index (χ4n) is 1.67. The van der Waals surface area contributed by atoms with Crippen LogP contribution in [0.25, 0.3) is 0 Å². The van der Waals surface area contributed by atoms with Gasteiger partial charge >= 0.3 is 0 Å². The Labute approximate surface area is 111 Å². The number of hydrogen-bond donors (Lipinski definition) is 1. The summed E-state index contributed by atoms with van der Waals surface area (Å²) in [6.45, 7) is 5.69. The molecule has 19 heavy (non-hydrogen) atoms. The fraction of sp³-hybridized carbons (Fsp3) is 0.214. The van der Waals surface area contributed by atoms with Gasteiger partial charge in [-0.15, -0.1) is 0 Å². The van der Waals surface area contributed by atoms with E-state index >= 15 is 0 Å². The maximum atomic E-state index is 11.8. The monoisotopic (exact) mass is 257 g/mol. The lowest BCUT2D eigenvalue weighted by Crippen LogP contribution is -2.27. The Bertz CT molecular complexity index is 574. The standard InChI is InChI=1S/C14H15N3O2/c1-9-4-10(2)6-13(5-9)19-17-14(18)12-7-15-11(3)16-8-12/h4-8H,1-3H3,(H,17,18). The van der Waals surface area contributed by atoms with Gasteiger partial charge in [-0.3, -0.25) is 4.79 Å². The van der Waals surface area contributed by atoms with Gasteiger partial charge in [0.1, 0.15) is 5.82 Å². The van der Waals surface area contributed by atoms with E-state index in [-0.39, 0.29) is 5.91 Å². The molecule has 98 valence electrons. The minimum Gasteiger partial charge on any atom is -0.379 e. The van der Waals surface area contributed by atoms with Gasteiger partial charge in [-0.25, -0.2) is 9.97 Å². The molecule has 0 bridgehead atoms. The first-order valence-electron chi connectivity index (χ1n) is 5.89. The topological polar surface area (TPSA) is 64.1 Å². The lowest BCUT2D eigenvalue weighted by atomic mass is 10.1. The van der Waals surface area contributed by atoms with E-state index in [1.807, 2.05) is 32.0 Å². The molecule has 0 radical (unpaired) electrons. The molecule has 5 heteroatoms. The van der Waals surface area contributed by atoms with Gasteiger partial charge in [0.25, 0.3) is 5.91 Å². The van der Waals surface area contributed by atoms with Gasteiger partial charge < -0.3 is 4.84 Å². The molecule has 0 unspecified atom stereocenters. The van der Waals surface area contributed by atoms with Crippen LogP contribution in [0.15, 0.2) is 30.6 Å². The zero-order valence-corrected chi connectivity index (χ0v) is 11.1. The molecular formula is C14H15N3O2. The Balaban J connectivity index is 2.02. The van der Waals surface area contributed by atoms with Crippen molar-refractivity contribution in [2.24, 2.45) is 0 Å². The maximum absolute atomic E-state index is 11.8. The largest absolute Gasteiger partial charge is 0.379 e. The number of nitrogens with one attached hydrogen (secondary N) is 1. The number of hydroxylamine groups is 1. The van der Waals surface area contributed by atoms with Crippen LogP contribution in [0, 0.1) is 20.8 Å². The molecule has 1 heterocycles. The minimum atomic E-state index is -0.376. The SMILES string of the molecule is Cc1cc(C)cc(ONC(=O)c2cnc(C)nc2)c1. The molecule has 1 aromatic carbocycles. The van der Waals surface area contributed by atoms with Gasteiger partial charge in [0.15, 0.2) is 5.75 Å². The fourth-order valence-corrected chi connectivity index (χ4v) is 1.67. The van der Waals surface area contributed by atoms with E-state index < -0.39 is 0 Å². The Kier molecular flexibility index (Phi) is 3.75. The molecule has 0 spiro atoms. The van der Waals surface area contributed by atoms with Crippen LogP contribution in [0.3, 0.4) is 0 Å². The third-order valence-corrected chi connectivity index (χ3v) is 2.50. The summed E-state index contributed by atoms with van der Waals surface area (Å²) >= 11 is 0. The molecular weight excluding hydrogens is 242 g/mol. The van der Waals surface area contributed by atoms with Crippen LogP contribution in [0.5, 0.6) is 5.75 Å². The molecule has 5 nitrogen and oxygen atoms in total. The number of benzene rings is 1. The van der Waals surface area contributed by atoms with Gasteiger partial charge in [0, 0.05) is 12.4 Å². The van der Waals surface area contributed by atoms with Gasteiger partial charge in [-0.1, -0.05) is 6.07 Å². The van der Waals surface area contributed by atoms with Crippen molar-refractivity contribution in [3.05, 3.63) is 53.1 Å². The van der Waals surface area contributed by atoms with E-state index in [2.05, 4.69) is 15.4 Å². The van der Waals surface area contributed by atoms with E-state index in [4.69, 9.17) is 4.84 Å². The molecule has 1 aromatic heterocycles. The molecule has 0 aliphatic carbocycles. The summed E-state index contributed by atoms with van der Waals surface area (Å²) in [7, 11) is 0. The quantitative estimate of drug-likeness (QED) is 0.855. The zero-order chi connectivity index (χ0) is 13.8. The van der Waals surface area contributed by atoms with Crippen LogP contribution in [-0.2, 0) is 0 Å². The molecule has 0 aliphatic rings. The number of carbonyl (C=O) groups excluding carboxylic acids is 1. The second-order valence-electron chi connectivity index (χ2n) is 4.38. The Morgan fingerprint density at radius 3 is 2.21 bits per heavy atom. The summed E-state index contributed by atoms with van der Waals surface area (Å²) in [6.07, 6.45) is 2.92. The van der Waals surface area contributed by atoms with Crippen molar-refractivity contribution >= 4 is 5.91 Å². The first-order chi connectivity index (χ1) is 9.04. The van der Waals surface area contributed by atoms with E-state index in [9.17, 15) is 4.79 Å². The van der Waals surface area contributed by atoms with E-state index in [1.165, 1.54) is 12.4 Å². The van der Waals surface area contributed by atoms with Crippen molar-refractivity contribution in [2.75, 3.05) is 0 Å². The second-order valence-corrected chi connectivity index (χ2v) is 4.38. The van der Waals surface area contributed by atoms with Crippen molar-refractivity contribution in [2.45, 2.75) is 20.8 Å². The van der Waals surface area contributed by atoms with E-state index in [1.54, 1.807) is 6.92 Å². The highest BCUT2D eigenvalue weighted by atomic mass is 16.7. The third-order valence-electron chi connectivity index (χ3n) is 2.50. The molecule has 0 fully saturated rings. The van der Waals surface area contributed by atoms with Crippen LogP contribution in [0.1, 0.15) is 27.3 Å². The van der Waals surface area contributed by atoms with Crippen LogP contribution >= 0.6 is 0 Å². The van der Waals surface area contributed by atoms with E-state index in [0.717, 1.165) is 11.1 Å². The third kappa shape index (κ3) is 3.51. The highest BCUT2D eigenvalue weighted by molar-refractivity contribution is 5.92. The average Bonchev–Trinajstić information content (AvgIpc) is 2.36. The highest BCUT2D eigenvalue weighted by Crippen LogP contribution is 2.15. The number of aryl methyl sites for hydroxylation is 3. The summed E-state index contributed by atoms with van der Waals surface area (Å²) in [5, 5.41) is 0. The predicted octanol–water partition coefficient (Wildman–Crippen LogP) is 2.13. The van der Waals surface area contributed by atoms with Crippen LogP contribution in [0.2, 0.25) is 0 Å². The number of aromatic nitrogens is 2. The maximum Gasteiger partial charge on any atom is 0.287 e. The molecule has 0 saturated heterocycles. The van der Waals surface area contributed by atoms with Crippen LogP contribution in [0.4, 0.5) is 0 Å². The van der Waals surface area contributed by atoms with E-state index in [0.29, 0.717) is 17.1 Å². The van der Waals surface area contributed by atoms with Crippen LogP contribution in [-0.4, -0.2) is 15.9 Å². The van der Waals surface area contributed by atoms with Crippen molar-refractivity contribution in [1.82, 2.24) is 15.4 Å². The van der Waals surface area contributed by atoms with Crippen molar-refractivity contribution < 1.29 is 9.63 Å². The average molecular weight is 257 g/mol. The molecule has 1 amide bonds. The summed E-state index contributed by atoms with van der Waals surface area (Å²) in [5.74, 6) is 0.838. The summed E-state index contributed by atoms with van der Waals surface area (Å²) < 4.78 is 0. The molecule has 2 rings (SSSR count). The lowest BCUT2D eigenvalue weighted by Gasteiger charge is -2.08. The number of rotatable bonds is 3. The molecule has 0 saturated carbocycles. The summed E-state index contributed by atoms with van der Waals surface area (Å²) in [5.41, 5.74) is 4.87. The van der Waals surface area contributed by atoms with Gasteiger partial charge in [-0.05, 0) is 44.0 Å². The van der Waals surface area contributed by atoms with Gasteiger partial charge in [0.2, 0.25) is 0 Å². The predicted molar refractivity (Wildman–Crippen MR) is 70.8 cm³/mol. The Morgan fingerprint density at radius 1 is 1.05 bits per heavy atom. The zero-order valence-electron chi connectivity index (χ0n) is 11.1. The Hall–Kier alpha value is -2.43. The first kappa shape index (κ1) is 13.0. The van der Waals surface area contributed by atoms with Crippen molar-refractivity contribution in [3.63, 3.8) is 0 Å². The smallest absolute Gasteiger partial charge is 0.287 e. The number of hydrogen-bond acceptors (Lipinski definition) is 4. The first-order valence-corrected chi connectivity index (χ1v) is 5.89. The number of nitrogens with zero attached hydrogens (tertiary/aromatic N) is 2. The molecule has 0 atom stereocenters. The Morgan fingerprint density at radius 2 is 1.63 bits per heavy atom. The molecule has 0 aliphatic heterocycles. The normalized spacial score (nSPS) is 10.1. The van der Waals surface area contributed by atoms with Crippen LogP contribution < -0.4 is 10.3 Å². The van der Waals surface area contributed by atoms with Crippen molar-refractivity contribution in [3.8, 4) is 5.75 Å². The molecule has 2 aromatic rings. The van der Waals surface area contributed by atoms with Crippen molar-refractivity contribution in [1.29, 1.82) is 0 Å².